The average Bonchev–Trinajstić information content (AvgIpc) is 3.19. The lowest BCUT2D eigenvalue weighted by Crippen LogP contribution is -2.30. The second-order valence-corrected chi connectivity index (χ2v) is 15.6. The molecule has 0 heterocycles. The number of aliphatic hydroxyl groups is 2. The first-order valence-corrected chi connectivity index (χ1v) is 23.1. The largest absolute Gasteiger partial charge is 0.472 e. The number of carbonyl (C=O) groups excluding carboxylic acids is 2. The summed E-state index contributed by atoms with van der Waals surface area (Å²) in [4.78, 5) is 34.9. The lowest BCUT2D eigenvalue weighted by molar-refractivity contribution is -0.161. The predicted octanol–water partition coefficient (Wildman–Crippen LogP) is 10.2. The number of hydrogen-bond acceptors (Lipinski definition) is 10. The maximum Gasteiger partial charge on any atom is 0.472 e. The van der Waals surface area contributed by atoms with Crippen LogP contribution >= 0.6 is 7.82 Å². The van der Waals surface area contributed by atoms with Gasteiger partial charge in [-0.05, 0) is 89.9 Å². The van der Waals surface area contributed by atoms with E-state index in [-0.39, 0.29) is 51.9 Å². The van der Waals surface area contributed by atoms with E-state index < -0.39 is 44.7 Å². The van der Waals surface area contributed by atoms with E-state index in [0.29, 0.717) is 6.42 Å². The van der Waals surface area contributed by atoms with Gasteiger partial charge in [-0.3, -0.25) is 18.6 Å². The van der Waals surface area contributed by atoms with E-state index in [1.165, 1.54) is 38.5 Å². The topological polar surface area (TPSA) is 175 Å². The number of rotatable bonds is 39. The van der Waals surface area contributed by atoms with Gasteiger partial charge in [0, 0.05) is 19.4 Å². The smallest absolute Gasteiger partial charge is 0.462 e. The molecule has 4 atom stereocenters. The van der Waals surface area contributed by atoms with Crippen molar-refractivity contribution in [2.75, 3.05) is 26.4 Å². The first-order chi connectivity index (χ1) is 27.6. The van der Waals surface area contributed by atoms with Crippen molar-refractivity contribution in [3.8, 4) is 0 Å². The summed E-state index contributed by atoms with van der Waals surface area (Å²) in [6, 6.07) is 0. The minimum absolute atomic E-state index is 0.00134. The third-order valence-corrected chi connectivity index (χ3v) is 9.75. The molecule has 0 saturated heterocycles. The zero-order valence-electron chi connectivity index (χ0n) is 35.3. The van der Waals surface area contributed by atoms with Crippen molar-refractivity contribution in [2.45, 2.75) is 173 Å². The molecule has 0 radical (unpaired) electrons. The highest BCUT2D eigenvalue weighted by Gasteiger charge is 2.26. The number of allylic oxidation sites excluding steroid dienone is 11. The SMILES string of the molecule is CCCCC/C=C\C/C=C\C/C=C\CCCCCCC(=O)OC[C@H](COP(=O)(O)OCCN)OC(=O)CCCC(O)C(O)C/C=C\C/C=C\C/C=C\CCCCC. The lowest BCUT2D eigenvalue weighted by atomic mass is 10.0. The van der Waals surface area contributed by atoms with Crippen LogP contribution in [0.5, 0.6) is 0 Å². The fourth-order valence-corrected chi connectivity index (χ4v) is 6.15. The second kappa shape index (κ2) is 40.2. The van der Waals surface area contributed by atoms with Gasteiger partial charge in [-0.15, -0.1) is 0 Å². The zero-order valence-corrected chi connectivity index (χ0v) is 36.2. The highest BCUT2D eigenvalue weighted by Crippen LogP contribution is 2.43. The standard InChI is InChI=1S/C45H78NO10P/c1-3-5-7-9-11-13-15-17-18-19-20-21-23-25-27-29-31-35-44(49)53-39-41(40-55-57(51,52)54-38-37-46)56-45(50)36-32-34-43(48)42(47)33-30-28-26-24-22-16-14-12-10-8-6-4-2/h11-14,17-18,20-22,24,28,30,41-43,47-48H,3-10,15-16,19,23,25-27,29,31-40,46H2,1-2H3,(H,51,52)/b13-11-,14-12-,18-17-,21-20-,24-22-,30-28-/t41-,42?,43?/m1/s1. The van der Waals surface area contributed by atoms with Gasteiger partial charge in [0.05, 0.1) is 25.4 Å². The van der Waals surface area contributed by atoms with Crippen LogP contribution in [0.15, 0.2) is 72.9 Å². The molecule has 0 aliphatic heterocycles. The molecule has 0 bridgehead atoms. The van der Waals surface area contributed by atoms with Crippen molar-refractivity contribution in [1.82, 2.24) is 0 Å². The Morgan fingerprint density at radius 3 is 1.63 bits per heavy atom. The van der Waals surface area contributed by atoms with Crippen LogP contribution in [0.25, 0.3) is 0 Å². The van der Waals surface area contributed by atoms with Gasteiger partial charge in [0.15, 0.2) is 6.10 Å². The molecule has 0 aromatic carbocycles. The molecular weight excluding hydrogens is 745 g/mol. The number of aliphatic hydroxyl groups excluding tert-OH is 2. The number of ether oxygens (including phenoxy) is 2. The van der Waals surface area contributed by atoms with Crippen LogP contribution in [0.2, 0.25) is 0 Å². The Labute approximate surface area is 345 Å². The number of hydrogen-bond donors (Lipinski definition) is 4. The van der Waals surface area contributed by atoms with Crippen LogP contribution in [-0.2, 0) is 32.7 Å². The van der Waals surface area contributed by atoms with Gasteiger partial charge in [-0.25, -0.2) is 4.57 Å². The summed E-state index contributed by atoms with van der Waals surface area (Å²) in [6.45, 7) is 3.29. The fourth-order valence-electron chi connectivity index (χ4n) is 5.39. The first-order valence-electron chi connectivity index (χ1n) is 21.6. The Kier molecular flexibility index (Phi) is 38.3. The summed E-state index contributed by atoms with van der Waals surface area (Å²) in [5, 5.41) is 20.7. The monoisotopic (exact) mass is 824 g/mol. The molecule has 0 amide bonds. The lowest BCUT2D eigenvalue weighted by Gasteiger charge is -2.20. The maximum absolute atomic E-state index is 12.6. The molecule has 328 valence electrons. The molecule has 0 rings (SSSR count). The van der Waals surface area contributed by atoms with Crippen LogP contribution in [0.1, 0.15) is 155 Å². The molecule has 0 aliphatic carbocycles. The zero-order chi connectivity index (χ0) is 42.1. The van der Waals surface area contributed by atoms with E-state index >= 15 is 0 Å². The van der Waals surface area contributed by atoms with Crippen molar-refractivity contribution in [3.63, 3.8) is 0 Å². The predicted molar refractivity (Wildman–Crippen MR) is 231 cm³/mol. The van der Waals surface area contributed by atoms with Crippen LogP contribution in [0, 0.1) is 0 Å². The van der Waals surface area contributed by atoms with Crippen LogP contribution in [0.4, 0.5) is 0 Å². The van der Waals surface area contributed by atoms with Gasteiger partial charge >= 0.3 is 19.8 Å². The van der Waals surface area contributed by atoms with Crippen LogP contribution < -0.4 is 5.73 Å². The van der Waals surface area contributed by atoms with E-state index in [1.54, 1.807) is 0 Å². The molecule has 0 aromatic rings. The summed E-state index contributed by atoms with van der Waals surface area (Å²) in [5.41, 5.74) is 5.33. The Morgan fingerprint density at radius 1 is 0.596 bits per heavy atom. The number of phosphoric ester groups is 1. The molecule has 12 heteroatoms. The molecule has 0 aromatic heterocycles. The van der Waals surface area contributed by atoms with E-state index in [4.69, 9.17) is 24.3 Å². The van der Waals surface area contributed by atoms with Crippen molar-refractivity contribution in [1.29, 1.82) is 0 Å². The molecule has 57 heavy (non-hydrogen) atoms. The van der Waals surface area contributed by atoms with Crippen molar-refractivity contribution >= 4 is 19.8 Å². The third-order valence-electron chi connectivity index (χ3n) is 8.77. The number of nitrogens with two attached hydrogens (primary N) is 1. The molecular formula is C45H78NO10P. The van der Waals surface area contributed by atoms with Gasteiger partial charge in [0.25, 0.3) is 0 Å². The number of phosphoric acid groups is 1. The highest BCUT2D eigenvalue weighted by atomic mass is 31.2. The van der Waals surface area contributed by atoms with E-state index in [9.17, 15) is 29.3 Å². The average molecular weight is 824 g/mol. The summed E-state index contributed by atoms with van der Waals surface area (Å²) < 4.78 is 32.5. The summed E-state index contributed by atoms with van der Waals surface area (Å²) >= 11 is 0. The Morgan fingerprint density at radius 2 is 1.09 bits per heavy atom. The maximum atomic E-state index is 12.6. The van der Waals surface area contributed by atoms with E-state index in [1.807, 2.05) is 12.2 Å². The van der Waals surface area contributed by atoms with Crippen LogP contribution in [0.3, 0.4) is 0 Å². The minimum atomic E-state index is -4.47. The molecule has 11 nitrogen and oxygen atoms in total. The van der Waals surface area contributed by atoms with Crippen molar-refractivity contribution < 1.29 is 47.8 Å². The Bertz CT molecular complexity index is 1200. The van der Waals surface area contributed by atoms with Crippen LogP contribution in [-0.4, -0.2) is 71.7 Å². The van der Waals surface area contributed by atoms with Gasteiger partial charge in [-0.1, -0.05) is 125 Å². The van der Waals surface area contributed by atoms with Gasteiger partial charge in [0.1, 0.15) is 6.61 Å². The number of esters is 2. The summed E-state index contributed by atoms with van der Waals surface area (Å²) in [7, 11) is -4.47. The summed E-state index contributed by atoms with van der Waals surface area (Å²) in [5.74, 6) is -1.15. The van der Waals surface area contributed by atoms with Crippen molar-refractivity contribution in [2.24, 2.45) is 5.73 Å². The highest BCUT2D eigenvalue weighted by molar-refractivity contribution is 7.47. The normalized spacial score (nSPS) is 15.1. The van der Waals surface area contributed by atoms with Crippen molar-refractivity contribution in [3.05, 3.63) is 72.9 Å². The fraction of sp³-hybridized carbons (Fsp3) is 0.689. The third kappa shape index (κ3) is 38.6. The second-order valence-electron chi connectivity index (χ2n) is 14.2. The number of unbranched alkanes of at least 4 members (excludes halogenated alkanes) is 10. The number of carbonyl (C=O) groups is 2. The molecule has 0 saturated carbocycles. The minimum Gasteiger partial charge on any atom is -0.462 e. The molecule has 5 N–H and O–H groups in total. The van der Waals surface area contributed by atoms with Gasteiger partial charge < -0.3 is 30.3 Å². The van der Waals surface area contributed by atoms with E-state index in [2.05, 4.69) is 74.6 Å². The van der Waals surface area contributed by atoms with Gasteiger partial charge in [0.2, 0.25) is 0 Å². The first kappa shape index (κ1) is 54.4. The molecule has 0 spiro atoms. The Hall–Kier alpha value is -2.63. The molecule has 0 fully saturated rings. The summed E-state index contributed by atoms with van der Waals surface area (Å²) in [6.07, 6.45) is 41.0. The quantitative estimate of drug-likeness (QED) is 0.0201. The molecule has 0 aliphatic rings. The van der Waals surface area contributed by atoms with E-state index in [0.717, 1.165) is 64.2 Å². The van der Waals surface area contributed by atoms with Gasteiger partial charge in [-0.2, -0.15) is 0 Å². The Balaban J connectivity index is 4.47. The molecule has 3 unspecified atom stereocenters.